The van der Waals surface area contributed by atoms with Gasteiger partial charge in [-0.25, -0.2) is 9.69 Å². The monoisotopic (exact) mass is 415 g/mol. The van der Waals surface area contributed by atoms with E-state index in [0.29, 0.717) is 11.3 Å². The number of esters is 1. The highest BCUT2D eigenvalue weighted by Crippen LogP contribution is 2.53. The molecule has 1 saturated carbocycles. The molecule has 0 radical (unpaired) electrons. The minimum absolute atomic E-state index is 0.120. The van der Waals surface area contributed by atoms with Crippen molar-refractivity contribution in [2.45, 2.75) is 19.4 Å². The van der Waals surface area contributed by atoms with Crippen LogP contribution in [0.4, 0.5) is 5.69 Å². The summed E-state index contributed by atoms with van der Waals surface area (Å²) in [7, 11) is 0. The molecule has 1 aliphatic heterocycles. The molecule has 3 aliphatic rings. The van der Waals surface area contributed by atoms with Gasteiger partial charge < -0.3 is 4.74 Å². The molecule has 2 amide bonds. The number of ether oxygens (including phenoxy) is 1. The van der Waals surface area contributed by atoms with Gasteiger partial charge in [0.05, 0.1) is 23.1 Å². The first kappa shape index (κ1) is 19.4. The molecule has 2 aromatic rings. The van der Waals surface area contributed by atoms with E-state index in [9.17, 15) is 19.2 Å². The zero-order valence-corrected chi connectivity index (χ0v) is 16.9. The topological polar surface area (TPSA) is 80.8 Å². The smallest absolute Gasteiger partial charge is 0.338 e. The molecule has 0 aromatic heterocycles. The van der Waals surface area contributed by atoms with Crippen molar-refractivity contribution in [2.75, 3.05) is 4.90 Å². The van der Waals surface area contributed by atoms with Crippen molar-refractivity contribution < 1.29 is 23.9 Å². The van der Waals surface area contributed by atoms with Crippen LogP contribution in [0.1, 0.15) is 34.1 Å². The molecule has 5 rings (SSSR count). The van der Waals surface area contributed by atoms with E-state index in [-0.39, 0.29) is 46.8 Å². The molecule has 5 atom stereocenters. The highest BCUT2D eigenvalue weighted by Gasteiger charge is 2.59. The molecule has 2 aromatic carbocycles. The summed E-state index contributed by atoms with van der Waals surface area (Å²) < 4.78 is 5.36. The van der Waals surface area contributed by atoms with E-state index < -0.39 is 12.1 Å². The fourth-order valence-electron chi connectivity index (χ4n) is 5.05. The zero-order chi connectivity index (χ0) is 21.7. The summed E-state index contributed by atoms with van der Waals surface area (Å²) in [5.74, 6) is -1.76. The van der Waals surface area contributed by atoms with E-state index in [1.807, 2.05) is 12.2 Å². The number of carbonyl (C=O) groups is 4. The Kier molecular flexibility index (Phi) is 4.58. The highest BCUT2D eigenvalue weighted by atomic mass is 16.5. The van der Waals surface area contributed by atoms with E-state index in [0.717, 1.165) is 6.42 Å². The van der Waals surface area contributed by atoms with Crippen LogP contribution < -0.4 is 4.90 Å². The molecule has 31 heavy (non-hydrogen) atoms. The number of ketones is 1. The summed E-state index contributed by atoms with van der Waals surface area (Å²) in [6, 6.07) is 14.9. The summed E-state index contributed by atoms with van der Waals surface area (Å²) in [6.45, 7) is 1.52. The van der Waals surface area contributed by atoms with E-state index in [4.69, 9.17) is 4.74 Å². The maximum absolute atomic E-state index is 13.0. The Morgan fingerprint density at radius 3 is 2.16 bits per heavy atom. The summed E-state index contributed by atoms with van der Waals surface area (Å²) in [6.07, 6.45) is 3.98. The SMILES string of the molecule is C[C@H](OC(=O)c1cccc(N2C(=O)[C@@H]3[C@H](C2=O)[C@H]2C=C[C@H]3C2)c1)C(=O)c1ccccc1. The lowest BCUT2D eigenvalue weighted by Gasteiger charge is -2.18. The summed E-state index contributed by atoms with van der Waals surface area (Å²) in [5, 5.41) is 0. The van der Waals surface area contributed by atoms with Gasteiger partial charge in [0.25, 0.3) is 0 Å². The molecule has 1 heterocycles. The highest BCUT2D eigenvalue weighted by molar-refractivity contribution is 6.23. The van der Waals surface area contributed by atoms with Crippen molar-refractivity contribution >= 4 is 29.3 Å². The number of fused-ring (bicyclic) bond motifs is 5. The number of imide groups is 1. The summed E-state index contributed by atoms with van der Waals surface area (Å²) in [5.41, 5.74) is 1.00. The lowest BCUT2D eigenvalue weighted by molar-refractivity contribution is -0.123. The van der Waals surface area contributed by atoms with Crippen LogP contribution in [-0.4, -0.2) is 29.7 Å². The number of rotatable bonds is 5. The van der Waals surface area contributed by atoms with E-state index >= 15 is 0 Å². The third-order valence-electron chi connectivity index (χ3n) is 6.52. The molecule has 2 aliphatic carbocycles. The van der Waals surface area contributed by atoms with Crippen molar-refractivity contribution in [2.24, 2.45) is 23.7 Å². The number of hydrogen-bond acceptors (Lipinski definition) is 5. The van der Waals surface area contributed by atoms with Gasteiger partial charge in [0.15, 0.2) is 6.10 Å². The summed E-state index contributed by atoms with van der Waals surface area (Å²) in [4.78, 5) is 52.3. The fraction of sp³-hybridized carbons (Fsp3) is 0.280. The Balaban J connectivity index is 1.34. The van der Waals surface area contributed by atoms with Gasteiger partial charge >= 0.3 is 5.97 Å². The normalized spacial score (nSPS) is 26.8. The molecule has 2 fully saturated rings. The lowest BCUT2D eigenvalue weighted by Crippen LogP contribution is -2.33. The zero-order valence-electron chi connectivity index (χ0n) is 16.9. The maximum atomic E-state index is 13.0. The lowest BCUT2D eigenvalue weighted by atomic mass is 9.85. The van der Waals surface area contributed by atoms with Crippen molar-refractivity contribution in [3.63, 3.8) is 0 Å². The third-order valence-corrected chi connectivity index (χ3v) is 6.52. The Hall–Kier alpha value is -3.54. The van der Waals surface area contributed by atoms with Crippen LogP contribution >= 0.6 is 0 Å². The van der Waals surface area contributed by atoms with Gasteiger partial charge in [-0.3, -0.25) is 14.4 Å². The molecular formula is C25H21NO5. The second-order valence-electron chi connectivity index (χ2n) is 8.34. The quantitative estimate of drug-likeness (QED) is 0.324. The predicted octanol–water partition coefficient (Wildman–Crippen LogP) is 3.43. The largest absolute Gasteiger partial charge is 0.451 e. The Morgan fingerprint density at radius 1 is 0.903 bits per heavy atom. The first-order valence-electron chi connectivity index (χ1n) is 10.4. The average Bonchev–Trinajstić information content (AvgIpc) is 3.47. The minimum Gasteiger partial charge on any atom is -0.451 e. The van der Waals surface area contributed by atoms with Crippen molar-refractivity contribution in [3.8, 4) is 0 Å². The van der Waals surface area contributed by atoms with Crippen LogP contribution in [0.5, 0.6) is 0 Å². The summed E-state index contributed by atoms with van der Waals surface area (Å²) >= 11 is 0. The molecule has 0 unspecified atom stereocenters. The second kappa shape index (κ2) is 7.30. The molecule has 0 spiro atoms. The minimum atomic E-state index is -0.963. The van der Waals surface area contributed by atoms with Gasteiger partial charge in [0, 0.05) is 5.56 Å². The third kappa shape index (κ3) is 3.10. The Labute approximate surface area is 179 Å². The first-order valence-corrected chi connectivity index (χ1v) is 10.4. The van der Waals surface area contributed by atoms with Crippen LogP contribution in [0.15, 0.2) is 66.7 Å². The number of amides is 2. The van der Waals surface area contributed by atoms with Crippen LogP contribution in [0.25, 0.3) is 0 Å². The molecular weight excluding hydrogens is 394 g/mol. The standard InChI is InChI=1S/C25H21NO5/c1-14(22(27)15-6-3-2-4-7-15)31-25(30)18-8-5-9-19(13-18)26-23(28)20-16-10-11-17(12-16)21(20)24(26)29/h2-11,13-14,16-17,20-21H,12H2,1H3/t14-,16-,17-,20-,21+/m0/s1. The number of Topliss-reactive ketones (excluding diaryl/α,β-unsaturated/α-hetero) is 1. The first-order chi connectivity index (χ1) is 15.0. The molecule has 6 heteroatoms. The number of benzene rings is 2. The molecule has 2 bridgehead atoms. The van der Waals surface area contributed by atoms with Crippen molar-refractivity contribution in [1.29, 1.82) is 0 Å². The average molecular weight is 415 g/mol. The Bertz CT molecular complexity index is 1090. The van der Waals surface area contributed by atoms with Gasteiger partial charge in [0.2, 0.25) is 17.6 Å². The number of carbonyl (C=O) groups excluding carboxylic acids is 4. The fourth-order valence-corrected chi connectivity index (χ4v) is 5.05. The van der Waals surface area contributed by atoms with Gasteiger partial charge in [-0.2, -0.15) is 0 Å². The van der Waals surface area contributed by atoms with Crippen LogP contribution in [0.2, 0.25) is 0 Å². The number of anilines is 1. The maximum Gasteiger partial charge on any atom is 0.338 e. The number of hydrogen-bond donors (Lipinski definition) is 0. The van der Waals surface area contributed by atoms with Gasteiger partial charge in [-0.1, -0.05) is 48.6 Å². The molecule has 6 nitrogen and oxygen atoms in total. The van der Waals surface area contributed by atoms with Crippen LogP contribution in [0.3, 0.4) is 0 Å². The molecule has 0 N–H and O–H groups in total. The van der Waals surface area contributed by atoms with E-state index in [1.165, 1.54) is 17.9 Å². The number of allylic oxidation sites excluding steroid dienone is 2. The van der Waals surface area contributed by atoms with Gasteiger partial charge in [-0.05, 0) is 43.4 Å². The van der Waals surface area contributed by atoms with Gasteiger partial charge in [0.1, 0.15) is 0 Å². The Morgan fingerprint density at radius 2 is 1.52 bits per heavy atom. The van der Waals surface area contributed by atoms with E-state index in [1.54, 1.807) is 48.5 Å². The van der Waals surface area contributed by atoms with Gasteiger partial charge in [-0.15, -0.1) is 0 Å². The van der Waals surface area contributed by atoms with Crippen molar-refractivity contribution in [3.05, 3.63) is 77.9 Å². The van der Waals surface area contributed by atoms with Crippen molar-refractivity contribution in [1.82, 2.24) is 0 Å². The predicted molar refractivity (Wildman–Crippen MR) is 112 cm³/mol. The van der Waals surface area contributed by atoms with Crippen LogP contribution in [-0.2, 0) is 14.3 Å². The number of nitrogens with zero attached hydrogens (tertiary/aromatic N) is 1. The second-order valence-corrected chi connectivity index (χ2v) is 8.34. The van der Waals surface area contributed by atoms with E-state index in [2.05, 4.69) is 0 Å². The molecule has 1 saturated heterocycles. The molecule has 156 valence electrons. The van der Waals surface area contributed by atoms with Crippen LogP contribution in [0, 0.1) is 23.7 Å².